The lowest BCUT2D eigenvalue weighted by molar-refractivity contribution is -0.156. The van der Waals surface area contributed by atoms with Crippen molar-refractivity contribution in [1.82, 2.24) is 31.4 Å². The molecule has 5 rings (SSSR count). The third-order valence-corrected chi connectivity index (χ3v) is 8.23. The molecule has 0 radical (unpaired) electrons. The molecule has 13 heteroatoms. The van der Waals surface area contributed by atoms with E-state index in [2.05, 4.69) is 31.4 Å². The number of nitrogens with zero attached hydrogens (tertiary/aromatic N) is 1. The summed E-state index contributed by atoms with van der Waals surface area (Å²) >= 11 is 0. The smallest absolute Gasteiger partial charge is 0.407 e. The van der Waals surface area contributed by atoms with Crippen LogP contribution < -0.4 is 26.2 Å². The van der Waals surface area contributed by atoms with Crippen molar-refractivity contribution in [3.8, 4) is 5.75 Å². The van der Waals surface area contributed by atoms with Crippen molar-refractivity contribution < 1.29 is 33.8 Å². The van der Waals surface area contributed by atoms with E-state index in [-0.39, 0.29) is 19.5 Å². The quantitative estimate of drug-likeness (QED) is 0.0788. The van der Waals surface area contributed by atoms with Crippen LogP contribution in [0, 0.1) is 0 Å². The third-order valence-electron chi connectivity index (χ3n) is 8.23. The van der Waals surface area contributed by atoms with Gasteiger partial charge in [0.15, 0.2) is 6.04 Å². The first-order valence-electron chi connectivity index (χ1n) is 17.3. The number of aromatic nitrogens is 2. The van der Waals surface area contributed by atoms with Crippen molar-refractivity contribution in [2.75, 3.05) is 7.11 Å². The molecule has 1 heterocycles. The van der Waals surface area contributed by atoms with Gasteiger partial charge in [0.1, 0.15) is 23.2 Å². The lowest BCUT2D eigenvalue weighted by Gasteiger charge is -2.32. The molecule has 0 aliphatic heterocycles. The SMILES string of the molecule is COc1ccc(CN[C@@H](C(=O)N[C@H](C(=O)ONCc2nc3ccccc3[nH]2)c2ccccc2)[C@H](O)[C@H](Cc2ccccc2)NC(=O)OC(C)(C)C)cc1. The molecule has 0 aliphatic carbocycles. The highest BCUT2D eigenvalue weighted by molar-refractivity contribution is 5.89. The normalized spacial score (nSPS) is 13.7. The Balaban J connectivity index is 1.39. The predicted molar refractivity (Wildman–Crippen MR) is 199 cm³/mol. The van der Waals surface area contributed by atoms with Crippen molar-refractivity contribution >= 4 is 29.0 Å². The summed E-state index contributed by atoms with van der Waals surface area (Å²) in [6.45, 7) is 5.43. The number of alkyl carbamates (subject to hydrolysis) is 1. The second kappa shape index (κ2) is 18.1. The van der Waals surface area contributed by atoms with Gasteiger partial charge in [0, 0.05) is 6.54 Å². The molecule has 0 unspecified atom stereocenters. The first-order valence-corrected chi connectivity index (χ1v) is 17.3. The highest BCUT2D eigenvalue weighted by atomic mass is 16.7. The maximum atomic E-state index is 14.3. The Hall–Kier alpha value is -5.76. The molecule has 0 aliphatic rings. The topological polar surface area (TPSA) is 176 Å². The minimum atomic E-state index is -1.50. The van der Waals surface area contributed by atoms with Crippen molar-refractivity contribution in [1.29, 1.82) is 0 Å². The number of hydrogen-bond acceptors (Lipinski definition) is 10. The number of hydrogen-bond donors (Lipinski definition) is 6. The van der Waals surface area contributed by atoms with Gasteiger partial charge >= 0.3 is 12.1 Å². The van der Waals surface area contributed by atoms with E-state index in [0.717, 1.165) is 22.2 Å². The molecule has 0 saturated carbocycles. The fourth-order valence-electron chi connectivity index (χ4n) is 5.64. The second-order valence-electron chi connectivity index (χ2n) is 13.4. The van der Waals surface area contributed by atoms with Crippen LogP contribution in [0.2, 0.25) is 0 Å². The fourth-order valence-corrected chi connectivity index (χ4v) is 5.64. The Labute approximate surface area is 308 Å². The van der Waals surface area contributed by atoms with E-state index in [1.807, 2.05) is 66.7 Å². The molecule has 53 heavy (non-hydrogen) atoms. The van der Waals surface area contributed by atoms with Crippen LogP contribution in [0.1, 0.15) is 49.3 Å². The lowest BCUT2D eigenvalue weighted by atomic mass is 9.95. The van der Waals surface area contributed by atoms with Crippen LogP contribution in [0.25, 0.3) is 11.0 Å². The van der Waals surface area contributed by atoms with Gasteiger partial charge in [-0.25, -0.2) is 14.6 Å². The van der Waals surface area contributed by atoms with Gasteiger partial charge in [-0.2, -0.15) is 0 Å². The Kier molecular flexibility index (Phi) is 13.2. The number of rotatable bonds is 16. The van der Waals surface area contributed by atoms with Crippen LogP contribution in [0.4, 0.5) is 4.79 Å². The number of methoxy groups -OCH3 is 1. The largest absolute Gasteiger partial charge is 0.497 e. The molecule has 6 N–H and O–H groups in total. The number of nitrogens with one attached hydrogen (secondary N) is 5. The summed E-state index contributed by atoms with van der Waals surface area (Å²) in [5.74, 6) is -0.298. The molecule has 0 bridgehead atoms. The monoisotopic (exact) mass is 722 g/mol. The summed E-state index contributed by atoms with van der Waals surface area (Å²) in [5, 5.41) is 20.7. The summed E-state index contributed by atoms with van der Waals surface area (Å²) in [6.07, 6.45) is -2.09. The maximum Gasteiger partial charge on any atom is 0.407 e. The molecular formula is C40H46N6O7. The number of para-hydroxylation sites is 2. The van der Waals surface area contributed by atoms with Crippen LogP contribution in [0.3, 0.4) is 0 Å². The van der Waals surface area contributed by atoms with Gasteiger partial charge in [-0.1, -0.05) is 84.9 Å². The standard InChI is InChI=1S/C40H46N6O7/c1-40(2,3)52-39(50)45-32(23-26-13-7-5-8-14-26)36(47)35(41-24-27-19-21-29(51-4)22-20-27)37(48)46-34(28-15-9-6-10-16-28)38(49)53-42-25-33-43-30-17-11-12-18-31(30)44-33/h5-22,32,34-36,41-42,47H,23-25H2,1-4H3,(H,43,44)(H,45,50)(H,46,48)/t32-,34-,35+,36+/m0/s1. The number of aromatic amines is 1. The van der Waals surface area contributed by atoms with Gasteiger partial charge < -0.3 is 35.0 Å². The van der Waals surface area contributed by atoms with E-state index in [1.54, 1.807) is 70.3 Å². The molecule has 0 saturated heterocycles. The van der Waals surface area contributed by atoms with E-state index < -0.39 is 47.8 Å². The maximum absolute atomic E-state index is 14.3. The highest BCUT2D eigenvalue weighted by Crippen LogP contribution is 2.18. The molecular weight excluding hydrogens is 676 g/mol. The molecule has 2 amide bonds. The van der Waals surface area contributed by atoms with Gasteiger partial charge in [-0.15, -0.1) is 5.48 Å². The predicted octanol–water partition coefficient (Wildman–Crippen LogP) is 4.63. The summed E-state index contributed by atoms with van der Waals surface area (Å²) in [5.41, 5.74) is 5.50. The third kappa shape index (κ3) is 11.4. The zero-order chi connectivity index (χ0) is 37.8. The summed E-state index contributed by atoms with van der Waals surface area (Å²) < 4.78 is 10.8. The van der Waals surface area contributed by atoms with Crippen LogP contribution in [-0.2, 0) is 38.7 Å². The average molecular weight is 723 g/mol. The zero-order valence-electron chi connectivity index (χ0n) is 30.2. The number of hydroxylamine groups is 1. The molecule has 4 atom stereocenters. The number of H-pyrrole nitrogens is 1. The highest BCUT2D eigenvalue weighted by Gasteiger charge is 2.37. The first-order chi connectivity index (χ1) is 25.5. The summed E-state index contributed by atoms with van der Waals surface area (Å²) in [6, 6.07) is 29.0. The fraction of sp³-hybridized carbons (Fsp3) is 0.300. The number of aliphatic hydroxyl groups is 1. The second-order valence-corrected chi connectivity index (χ2v) is 13.4. The Bertz CT molecular complexity index is 1900. The van der Waals surface area contributed by atoms with Crippen molar-refractivity contribution in [2.24, 2.45) is 0 Å². The first kappa shape index (κ1) is 38.5. The molecule has 4 aromatic carbocycles. The number of carbonyl (C=O) groups excluding carboxylic acids is 3. The molecule has 0 spiro atoms. The van der Waals surface area contributed by atoms with Gasteiger partial charge in [-0.3, -0.25) is 10.1 Å². The van der Waals surface area contributed by atoms with Crippen LogP contribution >= 0.6 is 0 Å². The molecule has 5 aromatic rings. The molecule has 1 aromatic heterocycles. The summed E-state index contributed by atoms with van der Waals surface area (Å²) in [7, 11) is 1.57. The van der Waals surface area contributed by atoms with E-state index in [9.17, 15) is 19.5 Å². The number of imidazole rings is 1. The minimum absolute atomic E-state index is 0.0815. The number of aliphatic hydroxyl groups excluding tert-OH is 1. The van der Waals surface area contributed by atoms with Crippen molar-refractivity contribution in [3.63, 3.8) is 0 Å². The van der Waals surface area contributed by atoms with Gasteiger partial charge in [0.2, 0.25) is 5.91 Å². The van der Waals surface area contributed by atoms with E-state index >= 15 is 0 Å². The van der Waals surface area contributed by atoms with E-state index in [4.69, 9.17) is 14.3 Å². The van der Waals surface area contributed by atoms with Crippen LogP contribution in [0.15, 0.2) is 109 Å². The van der Waals surface area contributed by atoms with E-state index in [0.29, 0.717) is 17.1 Å². The van der Waals surface area contributed by atoms with Crippen LogP contribution in [-0.4, -0.2) is 63.9 Å². The van der Waals surface area contributed by atoms with E-state index in [1.165, 1.54) is 0 Å². The Morgan fingerprint density at radius 1 is 0.811 bits per heavy atom. The number of benzene rings is 4. The number of amides is 2. The Morgan fingerprint density at radius 3 is 2.13 bits per heavy atom. The number of fused-ring (bicyclic) bond motifs is 1. The Morgan fingerprint density at radius 2 is 1.47 bits per heavy atom. The van der Waals surface area contributed by atoms with Crippen molar-refractivity contribution in [3.05, 3.63) is 132 Å². The van der Waals surface area contributed by atoms with Gasteiger partial charge in [0.25, 0.3) is 0 Å². The zero-order valence-corrected chi connectivity index (χ0v) is 30.2. The molecule has 13 nitrogen and oxygen atoms in total. The van der Waals surface area contributed by atoms with Crippen molar-refractivity contribution in [2.45, 2.75) is 70.1 Å². The lowest BCUT2D eigenvalue weighted by Crippen LogP contribution is -2.60. The minimum Gasteiger partial charge on any atom is -0.497 e. The number of carbonyl (C=O) groups is 3. The molecule has 278 valence electrons. The number of ether oxygens (including phenoxy) is 2. The summed E-state index contributed by atoms with van der Waals surface area (Å²) in [4.78, 5) is 54.1. The van der Waals surface area contributed by atoms with Crippen LogP contribution in [0.5, 0.6) is 5.75 Å². The van der Waals surface area contributed by atoms with Gasteiger partial charge in [0.05, 0.1) is 36.8 Å². The average Bonchev–Trinajstić information content (AvgIpc) is 3.56. The molecule has 0 fully saturated rings. The van der Waals surface area contributed by atoms with Gasteiger partial charge in [-0.05, 0) is 68.1 Å².